The molecule has 164 valence electrons. The Hall–Kier alpha value is -3.47. The van der Waals surface area contributed by atoms with Crippen LogP contribution in [0.1, 0.15) is 17.3 Å². The highest BCUT2D eigenvalue weighted by atomic mass is 32.2. The van der Waals surface area contributed by atoms with Crippen molar-refractivity contribution in [3.05, 3.63) is 53.6 Å². The summed E-state index contributed by atoms with van der Waals surface area (Å²) in [6.45, 7) is 1.19. The number of carbonyl (C=O) groups is 4. The predicted octanol–water partition coefficient (Wildman–Crippen LogP) is 2.64. The molecule has 1 atom stereocenters. The number of amides is 2. The largest absolute Gasteiger partial charge is 0.465 e. The molecule has 2 rings (SSSR count). The van der Waals surface area contributed by atoms with E-state index in [1.807, 2.05) is 0 Å². The molecule has 0 aliphatic carbocycles. The first-order valence-corrected chi connectivity index (χ1v) is 9.69. The topological polar surface area (TPSA) is 125 Å². The molecule has 0 spiro atoms. The van der Waals surface area contributed by atoms with Crippen LogP contribution < -0.4 is 15.8 Å². The standard InChI is InChI=1S/C20H18F2N2O6S/c1-10(25)24-16(18(23)26)9-31-20(28)30-17-6-3-11(7-14(17)19(27)29-2)13-5-4-12(21)8-15(13)22/h3-8,16H,9H2,1-2H3,(H2,23,26)(H,24,25)/t16-/m0/s1. The number of nitrogens with two attached hydrogens (primary N) is 1. The van der Waals surface area contributed by atoms with Crippen molar-refractivity contribution in [2.24, 2.45) is 5.73 Å². The Morgan fingerprint density at radius 3 is 2.42 bits per heavy atom. The first-order valence-electron chi connectivity index (χ1n) is 8.71. The Labute approximate surface area is 180 Å². The van der Waals surface area contributed by atoms with Crippen LogP contribution in [0.25, 0.3) is 11.1 Å². The number of halogens is 2. The van der Waals surface area contributed by atoms with Gasteiger partial charge in [-0.2, -0.15) is 0 Å². The molecule has 8 nitrogen and oxygen atoms in total. The van der Waals surface area contributed by atoms with Gasteiger partial charge in [0.2, 0.25) is 11.8 Å². The molecule has 0 aromatic heterocycles. The Kier molecular flexibility index (Phi) is 8.08. The molecule has 0 saturated heterocycles. The monoisotopic (exact) mass is 452 g/mol. The van der Waals surface area contributed by atoms with Gasteiger partial charge in [-0.25, -0.2) is 18.4 Å². The molecule has 0 unspecified atom stereocenters. The first kappa shape index (κ1) is 23.8. The molecule has 3 N–H and O–H groups in total. The van der Waals surface area contributed by atoms with Crippen LogP contribution in [-0.4, -0.2) is 42.0 Å². The summed E-state index contributed by atoms with van der Waals surface area (Å²) in [5, 5.41) is 1.41. The van der Waals surface area contributed by atoms with Crippen molar-refractivity contribution in [1.82, 2.24) is 5.32 Å². The van der Waals surface area contributed by atoms with Gasteiger partial charge < -0.3 is 20.5 Å². The van der Waals surface area contributed by atoms with Gasteiger partial charge in [-0.3, -0.25) is 9.59 Å². The molecule has 0 aliphatic heterocycles. The Balaban J connectivity index is 2.23. The minimum Gasteiger partial charge on any atom is -0.465 e. The molecular weight excluding hydrogens is 434 g/mol. The number of hydrogen-bond donors (Lipinski definition) is 2. The summed E-state index contributed by atoms with van der Waals surface area (Å²) in [4.78, 5) is 46.7. The molecule has 0 saturated carbocycles. The average Bonchev–Trinajstić information content (AvgIpc) is 2.70. The van der Waals surface area contributed by atoms with Crippen LogP contribution in [-0.2, 0) is 14.3 Å². The van der Waals surface area contributed by atoms with E-state index < -0.39 is 40.8 Å². The van der Waals surface area contributed by atoms with Gasteiger partial charge >= 0.3 is 11.3 Å². The van der Waals surface area contributed by atoms with Crippen LogP contribution in [0.2, 0.25) is 0 Å². The fourth-order valence-corrected chi connectivity index (χ4v) is 3.19. The van der Waals surface area contributed by atoms with E-state index in [1.54, 1.807) is 0 Å². The lowest BCUT2D eigenvalue weighted by atomic mass is 10.0. The van der Waals surface area contributed by atoms with Crippen molar-refractivity contribution in [2.45, 2.75) is 13.0 Å². The molecule has 31 heavy (non-hydrogen) atoms. The Morgan fingerprint density at radius 1 is 1.13 bits per heavy atom. The van der Waals surface area contributed by atoms with Gasteiger partial charge in [0.05, 0.1) is 7.11 Å². The molecular formula is C20H18F2N2O6S. The van der Waals surface area contributed by atoms with Gasteiger partial charge in [0.25, 0.3) is 0 Å². The summed E-state index contributed by atoms with van der Waals surface area (Å²) in [6.07, 6.45) is 0. The molecule has 11 heteroatoms. The van der Waals surface area contributed by atoms with Crippen molar-refractivity contribution >= 4 is 34.8 Å². The van der Waals surface area contributed by atoms with Crippen LogP contribution in [0.15, 0.2) is 36.4 Å². The lowest BCUT2D eigenvalue weighted by molar-refractivity contribution is -0.125. The van der Waals surface area contributed by atoms with Crippen molar-refractivity contribution in [2.75, 3.05) is 12.9 Å². The third kappa shape index (κ3) is 6.51. The van der Waals surface area contributed by atoms with Crippen molar-refractivity contribution < 1.29 is 37.4 Å². The van der Waals surface area contributed by atoms with E-state index in [1.165, 1.54) is 31.2 Å². The van der Waals surface area contributed by atoms with Crippen LogP contribution in [0.4, 0.5) is 13.6 Å². The number of carbonyl (C=O) groups excluding carboxylic acids is 4. The fourth-order valence-electron chi connectivity index (χ4n) is 2.49. The molecule has 0 aliphatic rings. The predicted molar refractivity (Wildman–Crippen MR) is 108 cm³/mol. The zero-order chi connectivity index (χ0) is 23.1. The van der Waals surface area contributed by atoms with Gasteiger partial charge in [0.1, 0.15) is 29.0 Å². The minimum absolute atomic E-state index is 0.0263. The first-order chi connectivity index (χ1) is 14.6. The highest BCUT2D eigenvalue weighted by Crippen LogP contribution is 2.30. The summed E-state index contributed by atoms with van der Waals surface area (Å²) in [7, 11) is 1.11. The number of ether oxygens (including phenoxy) is 2. The van der Waals surface area contributed by atoms with E-state index in [9.17, 15) is 28.0 Å². The smallest absolute Gasteiger partial charge is 0.372 e. The van der Waals surface area contributed by atoms with E-state index >= 15 is 0 Å². The van der Waals surface area contributed by atoms with E-state index in [-0.39, 0.29) is 28.2 Å². The second kappa shape index (κ2) is 10.5. The SMILES string of the molecule is COC(=O)c1cc(-c2ccc(F)cc2F)ccc1OC(=O)SC[C@H](NC(C)=O)C(N)=O. The number of thioether (sulfide) groups is 1. The Bertz CT molecular complexity index is 1030. The van der Waals surface area contributed by atoms with Crippen LogP contribution in [0.5, 0.6) is 5.75 Å². The van der Waals surface area contributed by atoms with Crippen LogP contribution in [0, 0.1) is 11.6 Å². The quantitative estimate of drug-likeness (QED) is 0.619. The molecule has 0 heterocycles. The highest BCUT2D eigenvalue weighted by Gasteiger charge is 2.22. The number of methoxy groups -OCH3 is 1. The van der Waals surface area contributed by atoms with Gasteiger partial charge in [-0.15, -0.1) is 0 Å². The number of nitrogens with one attached hydrogen (secondary N) is 1. The summed E-state index contributed by atoms with van der Waals surface area (Å²) < 4.78 is 37.1. The van der Waals surface area contributed by atoms with Crippen molar-refractivity contribution in [3.8, 4) is 16.9 Å². The molecule has 0 fully saturated rings. The lowest BCUT2D eigenvalue weighted by Gasteiger charge is -2.14. The average molecular weight is 452 g/mol. The van der Waals surface area contributed by atoms with Crippen molar-refractivity contribution in [1.29, 1.82) is 0 Å². The van der Waals surface area contributed by atoms with E-state index in [0.29, 0.717) is 17.8 Å². The fraction of sp³-hybridized carbons (Fsp3) is 0.200. The molecule has 0 bridgehead atoms. The number of hydrogen-bond acceptors (Lipinski definition) is 7. The number of primary amides is 1. The third-order valence-electron chi connectivity index (χ3n) is 3.91. The normalized spacial score (nSPS) is 11.4. The van der Waals surface area contributed by atoms with Gasteiger partial charge in [0, 0.05) is 24.3 Å². The summed E-state index contributed by atoms with van der Waals surface area (Å²) in [5.74, 6) is -4.17. The molecule has 2 aromatic rings. The van der Waals surface area contributed by atoms with E-state index in [0.717, 1.165) is 13.2 Å². The summed E-state index contributed by atoms with van der Waals surface area (Å²) in [6, 6.07) is 5.72. The minimum atomic E-state index is -1.10. The maximum Gasteiger partial charge on any atom is 0.372 e. The second-order valence-electron chi connectivity index (χ2n) is 6.15. The number of benzene rings is 2. The van der Waals surface area contributed by atoms with Crippen molar-refractivity contribution in [3.63, 3.8) is 0 Å². The van der Waals surface area contributed by atoms with Gasteiger partial charge in [-0.05, 0) is 41.6 Å². The molecule has 2 amide bonds. The van der Waals surface area contributed by atoms with E-state index in [2.05, 4.69) is 10.1 Å². The zero-order valence-corrected chi connectivity index (χ0v) is 17.3. The zero-order valence-electron chi connectivity index (χ0n) is 16.4. The maximum atomic E-state index is 14.1. The summed E-state index contributed by atoms with van der Waals surface area (Å²) in [5.41, 5.74) is 5.24. The molecule has 2 aromatic carbocycles. The number of rotatable bonds is 7. The third-order valence-corrected chi connectivity index (χ3v) is 4.73. The summed E-state index contributed by atoms with van der Waals surface area (Å²) >= 11 is 0.552. The lowest BCUT2D eigenvalue weighted by Crippen LogP contribution is -2.45. The number of esters is 1. The molecule has 0 radical (unpaired) electrons. The highest BCUT2D eigenvalue weighted by molar-refractivity contribution is 8.13. The van der Waals surface area contributed by atoms with E-state index in [4.69, 9.17) is 10.5 Å². The van der Waals surface area contributed by atoms with Gasteiger partial charge in [0.15, 0.2) is 0 Å². The Morgan fingerprint density at radius 2 is 1.84 bits per heavy atom. The van der Waals surface area contributed by atoms with Gasteiger partial charge in [-0.1, -0.05) is 6.07 Å². The maximum absolute atomic E-state index is 14.1. The van der Waals surface area contributed by atoms with Crippen LogP contribution in [0.3, 0.4) is 0 Å². The van der Waals surface area contributed by atoms with Crippen LogP contribution >= 0.6 is 11.8 Å². The second-order valence-corrected chi connectivity index (χ2v) is 7.10.